The van der Waals surface area contributed by atoms with Crippen LogP contribution >= 0.6 is 0 Å². The first-order valence-electron chi connectivity index (χ1n) is 17.6. The molecule has 2 aliphatic heterocycles. The topological polar surface area (TPSA) is 117 Å². The lowest BCUT2D eigenvalue weighted by Crippen LogP contribution is -2.51. The van der Waals surface area contributed by atoms with E-state index >= 15 is 0 Å². The van der Waals surface area contributed by atoms with Gasteiger partial charge in [-0.25, -0.2) is 8.42 Å². The molecule has 13 heteroatoms. The van der Waals surface area contributed by atoms with Crippen molar-refractivity contribution in [3.05, 3.63) is 60.2 Å². The average molecular weight is 703 g/mol. The summed E-state index contributed by atoms with van der Waals surface area (Å²) < 4.78 is 60.8. The van der Waals surface area contributed by atoms with Gasteiger partial charge in [-0.05, 0) is 93.3 Å². The molecule has 0 amide bonds. The predicted octanol–water partition coefficient (Wildman–Crippen LogP) is 4.68. The highest BCUT2D eigenvalue weighted by Crippen LogP contribution is 2.30. The molecular formula is C35H54N6O5S2. The number of sulfonamides is 1. The van der Waals surface area contributed by atoms with Gasteiger partial charge in [0.1, 0.15) is 0 Å². The summed E-state index contributed by atoms with van der Waals surface area (Å²) >= 11 is 0. The molecule has 1 saturated carbocycles. The molecule has 0 radical (unpaired) electrons. The van der Waals surface area contributed by atoms with Crippen molar-refractivity contribution in [2.75, 3.05) is 77.9 Å². The molecule has 0 unspecified atom stereocenters. The third-order valence-corrected chi connectivity index (χ3v) is 14.1. The largest absolute Gasteiger partial charge is 0.411 e. The van der Waals surface area contributed by atoms with Gasteiger partial charge in [-0.15, -0.1) is 0 Å². The molecule has 2 heterocycles. The minimum atomic E-state index is -3.96. The molecule has 266 valence electrons. The zero-order valence-electron chi connectivity index (χ0n) is 28.7. The molecule has 1 N–H and O–H groups in total. The molecule has 2 aromatic rings. The lowest BCUT2D eigenvalue weighted by molar-refractivity contribution is 0.188. The molecule has 0 spiro atoms. The smallest absolute Gasteiger partial charge is 0.282 e. The number of piperidine rings is 1. The van der Waals surface area contributed by atoms with E-state index in [-0.39, 0.29) is 36.8 Å². The summed E-state index contributed by atoms with van der Waals surface area (Å²) in [5.74, 6) is 0.915. The van der Waals surface area contributed by atoms with Crippen LogP contribution in [0.15, 0.2) is 64.6 Å². The number of nitrogens with zero attached hydrogens (tertiary/aromatic N) is 6. The van der Waals surface area contributed by atoms with Gasteiger partial charge in [0.25, 0.3) is 10.2 Å². The maximum Gasteiger partial charge on any atom is 0.282 e. The van der Waals surface area contributed by atoms with Gasteiger partial charge in [0, 0.05) is 52.5 Å². The molecule has 0 atom stereocenters. The van der Waals surface area contributed by atoms with E-state index in [1.165, 1.54) is 46.3 Å². The fourth-order valence-corrected chi connectivity index (χ4v) is 10.6. The van der Waals surface area contributed by atoms with Crippen molar-refractivity contribution in [3.8, 4) is 0 Å². The Morgan fingerprint density at radius 3 is 1.92 bits per heavy atom. The Morgan fingerprint density at radius 2 is 1.31 bits per heavy atom. The summed E-state index contributed by atoms with van der Waals surface area (Å²) in [7, 11) is -4.07. The fourth-order valence-electron chi connectivity index (χ4n) is 7.42. The van der Waals surface area contributed by atoms with E-state index in [0.717, 1.165) is 31.6 Å². The van der Waals surface area contributed by atoms with E-state index < -0.39 is 20.2 Å². The number of oxime groups is 1. The van der Waals surface area contributed by atoms with Crippen LogP contribution in [0.25, 0.3) is 0 Å². The predicted molar refractivity (Wildman–Crippen MR) is 191 cm³/mol. The van der Waals surface area contributed by atoms with Crippen molar-refractivity contribution < 1.29 is 22.0 Å². The zero-order valence-corrected chi connectivity index (χ0v) is 30.3. The van der Waals surface area contributed by atoms with Crippen molar-refractivity contribution in [2.45, 2.75) is 68.6 Å². The highest BCUT2D eigenvalue weighted by atomic mass is 32.2. The highest BCUT2D eigenvalue weighted by Gasteiger charge is 2.35. The SMILES string of the molecule is CN(C)c1ccc(S(=O)(=O)N2CCCN(CC3CCCCC3)CCCN(S(=O)(=O)N3CCC(c4ccccc4)CC3)C/C(=N/O)C2)cc1. The summed E-state index contributed by atoms with van der Waals surface area (Å²) in [6.07, 6.45) is 8.90. The van der Waals surface area contributed by atoms with Crippen LogP contribution < -0.4 is 4.90 Å². The number of benzene rings is 2. The van der Waals surface area contributed by atoms with Crippen LogP contribution in [-0.4, -0.2) is 119 Å². The van der Waals surface area contributed by atoms with Crippen molar-refractivity contribution >= 4 is 31.6 Å². The number of hydrogen-bond acceptors (Lipinski definition) is 8. The molecule has 2 aromatic carbocycles. The van der Waals surface area contributed by atoms with Crippen LogP contribution in [0, 0.1) is 5.92 Å². The maximum atomic E-state index is 14.2. The molecule has 0 aromatic heterocycles. The second kappa shape index (κ2) is 16.9. The number of rotatable bonds is 8. The molecule has 5 rings (SSSR count). The molecule has 11 nitrogen and oxygen atoms in total. The third-order valence-electron chi connectivity index (χ3n) is 10.2. The molecule has 0 bridgehead atoms. The number of anilines is 1. The first kappa shape index (κ1) is 36.7. The van der Waals surface area contributed by atoms with Gasteiger partial charge in [0.15, 0.2) is 0 Å². The Hall–Kier alpha value is -2.55. The van der Waals surface area contributed by atoms with Gasteiger partial charge in [-0.2, -0.15) is 21.3 Å². The van der Waals surface area contributed by atoms with Crippen LogP contribution in [0.2, 0.25) is 0 Å². The third kappa shape index (κ3) is 9.36. The molecule has 2 saturated heterocycles. The lowest BCUT2D eigenvalue weighted by Gasteiger charge is -2.36. The fraction of sp³-hybridized carbons (Fsp3) is 0.629. The normalized spacial score (nSPS) is 22.7. The highest BCUT2D eigenvalue weighted by molar-refractivity contribution is 7.89. The monoisotopic (exact) mass is 702 g/mol. The standard InChI is InChI=1S/C35H54N6O5S2/c1-37(2)34-15-17-35(18-16-34)47(43,44)40-23-9-21-38(27-30-11-5-3-6-12-30)22-10-24-41(29-33(28-40)36-42)48(45,46)39-25-19-32(20-26-39)31-13-7-4-8-14-31/h4,7-8,13-18,30,32,42H,3,5-6,9-12,19-29H2,1-2H3/b36-33+. The summed E-state index contributed by atoms with van der Waals surface area (Å²) in [6, 6.07) is 17.0. The summed E-state index contributed by atoms with van der Waals surface area (Å²) in [5.41, 5.74) is 2.21. The Labute approximate surface area is 288 Å². The van der Waals surface area contributed by atoms with E-state index in [2.05, 4.69) is 22.2 Å². The van der Waals surface area contributed by atoms with Gasteiger partial charge in [0.05, 0.1) is 23.7 Å². The molecular weight excluding hydrogens is 649 g/mol. The van der Waals surface area contributed by atoms with E-state index in [0.29, 0.717) is 44.3 Å². The van der Waals surface area contributed by atoms with Gasteiger partial charge >= 0.3 is 0 Å². The quantitative estimate of drug-likeness (QED) is 0.314. The summed E-state index contributed by atoms with van der Waals surface area (Å²) in [6.45, 7) is 3.32. The van der Waals surface area contributed by atoms with Gasteiger partial charge < -0.3 is 15.0 Å². The van der Waals surface area contributed by atoms with Crippen LogP contribution in [0.3, 0.4) is 0 Å². The Balaban J connectivity index is 1.37. The summed E-state index contributed by atoms with van der Waals surface area (Å²) in [5, 5.41) is 13.6. The summed E-state index contributed by atoms with van der Waals surface area (Å²) in [4.78, 5) is 4.47. The van der Waals surface area contributed by atoms with Crippen LogP contribution in [0.5, 0.6) is 0 Å². The minimum Gasteiger partial charge on any atom is -0.411 e. The lowest BCUT2D eigenvalue weighted by atomic mass is 9.89. The minimum absolute atomic E-state index is 0.103. The van der Waals surface area contributed by atoms with E-state index in [9.17, 15) is 22.0 Å². The Kier molecular flexibility index (Phi) is 12.9. The van der Waals surface area contributed by atoms with Crippen molar-refractivity contribution in [1.82, 2.24) is 17.8 Å². The van der Waals surface area contributed by atoms with Crippen LogP contribution in [-0.2, 0) is 20.2 Å². The van der Waals surface area contributed by atoms with Gasteiger partial charge in [-0.1, -0.05) is 54.8 Å². The zero-order chi connectivity index (χ0) is 34.1. The first-order valence-corrected chi connectivity index (χ1v) is 20.4. The molecule has 3 aliphatic rings. The van der Waals surface area contributed by atoms with Crippen molar-refractivity contribution in [3.63, 3.8) is 0 Å². The van der Waals surface area contributed by atoms with Crippen LogP contribution in [0.1, 0.15) is 69.3 Å². The average Bonchev–Trinajstić information content (AvgIpc) is 3.10. The Bertz CT molecular complexity index is 1540. The molecule has 48 heavy (non-hydrogen) atoms. The van der Waals surface area contributed by atoms with E-state index in [1.807, 2.05) is 37.2 Å². The van der Waals surface area contributed by atoms with E-state index in [1.54, 1.807) is 28.6 Å². The van der Waals surface area contributed by atoms with Crippen molar-refractivity contribution in [2.24, 2.45) is 11.1 Å². The molecule has 1 aliphatic carbocycles. The number of hydrogen-bond donors (Lipinski definition) is 1. The second-order valence-electron chi connectivity index (χ2n) is 13.8. The van der Waals surface area contributed by atoms with E-state index in [4.69, 9.17) is 0 Å². The maximum absolute atomic E-state index is 14.2. The Morgan fingerprint density at radius 1 is 0.708 bits per heavy atom. The van der Waals surface area contributed by atoms with Gasteiger partial charge in [-0.3, -0.25) is 0 Å². The van der Waals surface area contributed by atoms with Gasteiger partial charge in [0.2, 0.25) is 10.0 Å². The second-order valence-corrected chi connectivity index (χ2v) is 17.7. The first-order chi connectivity index (χ1) is 23.1. The van der Waals surface area contributed by atoms with Crippen LogP contribution in [0.4, 0.5) is 5.69 Å². The molecule has 3 fully saturated rings. The van der Waals surface area contributed by atoms with Crippen molar-refractivity contribution in [1.29, 1.82) is 0 Å².